The monoisotopic (exact) mass is 340 g/mol. The summed E-state index contributed by atoms with van der Waals surface area (Å²) in [4.78, 5) is 14.5. The molecule has 0 spiro atoms. The topological polar surface area (TPSA) is 82.1 Å². The Kier molecular flexibility index (Phi) is 4.29. The Morgan fingerprint density at radius 3 is 2.88 bits per heavy atom. The summed E-state index contributed by atoms with van der Waals surface area (Å²) in [7, 11) is 0. The minimum absolute atomic E-state index is 0.0670. The van der Waals surface area contributed by atoms with Crippen molar-refractivity contribution in [2.45, 2.75) is 50.5 Å². The summed E-state index contributed by atoms with van der Waals surface area (Å²) in [5.74, 6) is 0.0670. The molecule has 1 fully saturated rings. The number of carbonyl (C=O) groups is 1. The SMILES string of the molecule is O=C(Cc1ccc2c(c1)CCCC2)N1CCC[C@@](O)(c2cn[nH]n2)C1. The third kappa shape index (κ3) is 3.31. The van der Waals surface area contributed by atoms with Crippen molar-refractivity contribution in [1.82, 2.24) is 20.3 Å². The van der Waals surface area contributed by atoms with Crippen LogP contribution in [0.1, 0.15) is 48.1 Å². The zero-order valence-electron chi connectivity index (χ0n) is 14.4. The number of hydrogen-bond acceptors (Lipinski definition) is 4. The summed E-state index contributed by atoms with van der Waals surface area (Å²) in [6, 6.07) is 6.45. The average molecular weight is 340 g/mol. The number of H-pyrrole nitrogens is 1. The third-order valence-corrected chi connectivity index (χ3v) is 5.48. The number of hydrogen-bond donors (Lipinski definition) is 2. The summed E-state index contributed by atoms with van der Waals surface area (Å²) < 4.78 is 0. The molecule has 1 aliphatic heterocycles. The minimum atomic E-state index is -1.10. The molecule has 132 valence electrons. The van der Waals surface area contributed by atoms with Crippen LogP contribution in [0.2, 0.25) is 0 Å². The lowest BCUT2D eigenvalue weighted by Crippen LogP contribution is -2.49. The molecule has 0 bridgehead atoms. The van der Waals surface area contributed by atoms with E-state index in [1.54, 1.807) is 4.90 Å². The van der Waals surface area contributed by atoms with Crippen molar-refractivity contribution in [1.29, 1.82) is 0 Å². The Bertz CT molecular complexity index is 759. The molecule has 6 heteroatoms. The molecule has 0 radical (unpaired) electrons. The lowest BCUT2D eigenvalue weighted by atomic mass is 9.88. The summed E-state index contributed by atoms with van der Waals surface area (Å²) in [5.41, 5.74) is 3.31. The highest BCUT2D eigenvalue weighted by molar-refractivity contribution is 5.79. The molecule has 1 saturated heterocycles. The van der Waals surface area contributed by atoms with Crippen molar-refractivity contribution in [2.75, 3.05) is 13.1 Å². The first-order valence-electron chi connectivity index (χ1n) is 9.11. The van der Waals surface area contributed by atoms with Crippen LogP contribution in [-0.2, 0) is 29.7 Å². The van der Waals surface area contributed by atoms with Gasteiger partial charge in [-0.2, -0.15) is 15.4 Å². The summed E-state index contributed by atoms with van der Waals surface area (Å²) >= 11 is 0. The quantitative estimate of drug-likeness (QED) is 0.892. The van der Waals surface area contributed by atoms with Crippen LogP contribution in [0.4, 0.5) is 0 Å². The maximum absolute atomic E-state index is 12.8. The molecule has 2 N–H and O–H groups in total. The van der Waals surface area contributed by atoms with Crippen LogP contribution < -0.4 is 0 Å². The molecule has 4 rings (SSSR count). The Morgan fingerprint density at radius 2 is 2.08 bits per heavy atom. The first-order valence-corrected chi connectivity index (χ1v) is 9.11. The Balaban J connectivity index is 1.46. The van der Waals surface area contributed by atoms with Gasteiger partial charge in [-0.1, -0.05) is 18.2 Å². The highest BCUT2D eigenvalue weighted by Crippen LogP contribution is 2.30. The number of aryl methyl sites for hydroxylation is 2. The number of fused-ring (bicyclic) bond motifs is 1. The molecule has 0 unspecified atom stereocenters. The number of piperidine rings is 1. The minimum Gasteiger partial charge on any atom is -0.382 e. The van der Waals surface area contributed by atoms with E-state index >= 15 is 0 Å². The predicted octanol–water partition coefficient (Wildman–Crippen LogP) is 1.74. The van der Waals surface area contributed by atoms with Crippen LogP contribution in [-0.4, -0.2) is 44.4 Å². The fourth-order valence-electron chi connectivity index (χ4n) is 4.07. The summed E-state index contributed by atoms with van der Waals surface area (Å²) in [6.45, 7) is 0.966. The van der Waals surface area contributed by atoms with Gasteiger partial charge < -0.3 is 10.0 Å². The van der Waals surface area contributed by atoms with Crippen LogP contribution in [0.25, 0.3) is 0 Å². The number of aromatic amines is 1. The molecular weight excluding hydrogens is 316 g/mol. The van der Waals surface area contributed by atoms with Gasteiger partial charge in [0.15, 0.2) is 0 Å². The molecule has 1 amide bonds. The lowest BCUT2D eigenvalue weighted by Gasteiger charge is -2.38. The maximum Gasteiger partial charge on any atom is 0.227 e. The van der Waals surface area contributed by atoms with Crippen LogP contribution in [0, 0.1) is 0 Å². The number of likely N-dealkylation sites (tertiary alicyclic amines) is 1. The summed E-state index contributed by atoms with van der Waals surface area (Å²) in [6.07, 6.45) is 8.06. The number of β-amino-alcohol motifs (C(OH)–C–C–N with tert-alkyl or cyclic N) is 1. The maximum atomic E-state index is 12.8. The van der Waals surface area contributed by atoms with Gasteiger partial charge in [0, 0.05) is 6.54 Å². The van der Waals surface area contributed by atoms with Gasteiger partial charge in [0.1, 0.15) is 11.3 Å². The number of aromatic nitrogens is 3. The second-order valence-corrected chi connectivity index (χ2v) is 7.29. The smallest absolute Gasteiger partial charge is 0.227 e. The van der Waals surface area contributed by atoms with Gasteiger partial charge in [-0.25, -0.2) is 0 Å². The van der Waals surface area contributed by atoms with E-state index in [9.17, 15) is 9.90 Å². The average Bonchev–Trinajstić information content (AvgIpc) is 3.17. The van der Waals surface area contributed by atoms with E-state index in [1.807, 2.05) is 0 Å². The molecule has 2 aromatic rings. The third-order valence-electron chi connectivity index (χ3n) is 5.48. The molecule has 2 heterocycles. The van der Waals surface area contributed by atoms with Crippen molar-refractivity contribution < 1.29 is 9.90 Å². The first-order chi connectivity index (χ1) is 12.1. The van der Waals surface area contributed by atoms with E-state index in [1.165, 1.54) is 30.2 Å². The standard InChI is InChI=1S/C19H24N4O2/c24-18(11-14-6-7-15-4-1-2-5-16(15)10-14)23-9-3-8-19(25,13-23)17-12-20-22-21-17/h6-7,10,12,25H,1-5,8-9,11,13H2,(H,20,21,22)/t19-/m0/s1. The molecule has 1 aromatic heterocycles. The van der Waals surface area contributed by atoms with Gasteiger partial charge in [-0.3, -0.25) is 4.79 Å². The van der Waals surface area contributed by atoms with E-state index in [0.29, 0.717) is 25.1 Å². The highest BCUT2D eigenvalue weighted by atomic mass is 16.3. The van der Waals surface area contributed by atoms with Crippen molar-refractivity contribution in [3.8, 4) is 0 Å². The fourth-order valence-corrected chi connectivity index (χ4v) is 4.07. The van der Waals surface area contributed by atoms with Crippen molar-refractivity contribution in [3.63, 3.8) is 0 Å². The Morgan fingerprint density at radius 1 is 1.24 bits per heavy atom. The van der Waals surface area contributed by atoms with Crippen LogP contribution in [0.15, 0.2) is 24.4 Å². The largest absolute Gasteiger partial charge is 0.382 e. The number of rotatable bonds is 3. The predicted molar refractivity (Wildman–Crippen MR) is 92.9 cm³/mol. The van der Waals surface area contributed by atoms with E-state index < -0.39 is 5.60 Å². The fraction of sp³-hybridized carbons (Fsp3) is 0.526. The molecular formula is C19H24N4O2. The van der Waals surface area contributed by atoms with Gasteiger partial charge in [-0.05, 0) is 55.2 Å². The van der Waals surface area contributed by atoms with Crippen molar-refractivity contribution >= 4 is 5.91 Å². The van der Waals surface area contributed by atoms with Gasteiger partial charge in [0.05, 0.1) is 19.2 Å². The Labute approximate surface area is 147 Å². The van der Waals surface area contributed by atoms with Gasteiger partial charge in [0.2, 0.25) is 5.91 Å². The normalized spacial score (nSPS) is 23.3. The lowest BCUT2D eigenvalue weighted by molar-refractivity contribution is -0.138. The zero-order chi connectivity index (χ0) is 17.3. The number of nitrogens with zero attached hydrogens (tertiary/aromatic N) is 3. The second-order valence-electron chi connectivity index (χ2n) is 7.29. The van der Waals surface area contributed by atoms with Crippen molar-refractivity contribution in [3.05, 3.63) is 46.8 Å². The Hall–Kier alpha value is -2.21. The molecule has 1 aromatic carbocycles. The van der Waals surface area contributed by atoms with Crippen LogP contribution in [0.3, 0.4) is 0 Å². The number of carbonyl (C=O) groups excluding carboxylic acids is 1. The van der Waals surface area contributed by atoms with Gasteiger partial charge in [0.25, 0.3) is 0 Å². The number of amides is 1. The number of benzene rings is 1. The molecule has 6 nitrogen and oxygen atoms in total. The van der Waals surface area contributed by atoms with E-state index in [-0.39, 0.29) is 12.5 Å². The second kappa shape index (κ2) is 6.59. The van der Waals surface area contributed by atoms with E-state index in [2.05, 4.69) is 33.6 Å². The molecule has 1 aliphatic carbocycles. The summed E-state index contributed by atoms with van der Waals surface area (Å²) in [5, 5.41) is 21.2. The van der Waals surface area contributed by atoms with Crippen LogP contribution in [0.5, 0.6) is 0 Å². The zero-order valence-corrected chi connectivity index (χ0v) is 14.4. The van der Waals surface area contributed by atoms with Crippen LogP contribution >= 0.6 is 0 Å². The number of nitrogens with one attached hydrogen (secondary N) is 1. The molecule has 0 saturated carbocycles. The molecule has 2 aliphatic rings. The highest BCUT2D eigenvalue weighted by Gasteiger charge is 2.38. The van der Waals surface area contributed by atoms with Gasteiger partial charge >= 0.3 is 0 Å². The van der Waals surface area contributed by atoms with Crippen molar-refractivity contribution in [2.24, 2.45) is 0 Å². The molecule has 25 heavy (non-hydrogen) atoms. The number of aliphatic hydroxyl groups is 1. The first kappa shape index (κ1) is 16.3. The van der Waals surface area contributed by atoms with Gasteiger partial charge in [-0.15, -0.1) is 0 Å². The van der Waals surface area contributed by atoms with E-state index in [4.69, 9.17) is 0 Å². The van der Waals surface area contributed by atoms with E-state index in [0.717, 1.165) is 24.8 Å². The molecule has 1 atom stereocenters.